The molecule has 1 heterocycles. The minimum absolute atomic E-state index is 0.307. The number of ether oxygens (including phenoxy) is 1. The Hall–Kier alpha value is -0.570. The van der Waals surface area contributed by atoms with E-state index in [2.05, 4.69) is 0 Å². The van der Waals surface area contributed by atoms with E-state index in [4.69, 9.17) is 9.84 Å². The fourth-order valence-corrected chi connectivity index (χ4v) is 2.24. The maximum atomic E-state index is 10.3. The van der Waals surface area contributed by atoms with E-state index in [-0.39, 0.29) is 0 Å². The van der Waals surface area contributed by atoms with Crippen molar-refractivity contribution in [1.29, 1.82) is 0 Å². The van der Waals surface area contributed by atoms with Gasteiger partial charge in [-0.1, -0.05) is 0 Å². The van der Waals surface area contributed by atoms with Gasteiger partial charge in [-0.3, -0.25) is 4.79 Å². The molecule has 0 amide bonds. The van der Waals surface area contributed by atoms with Crippen LogP contribution in [0.1, 0.15) is 25.7 Å². The molecule has 1 saturated heterocycles. The highest BCUT2D eigenvalue weighted by atomic mass is 16.5. The van der Waals surface area contributed by atoms with E-state index in [1.165, 1.54) is 6.42 Å². The minimum Gasteiger partial charge on any atom is -0.481 e. The average molecular weight is 170 g/mol. The van der Waals surface area contributed by atoms with Crippen LogP contribution in [0.15, 0.2) is 0 Å². The number of carboxylic acids is 1. The summed E-state index contributed by atoms with van der Waals surface area (Å²) < 4.78 is 5.50. The molecule has 0 aromatic heterocycles. The van der Waals surface area contributed by atoms with Gasteiger partial charge in [0.1, 0.15) is 0 Å². The number of fused-ring (bicyclic) bond motifs is 1. The Bertz CT molecular complexity index is 178. The highest BCUT2D eigenvalue weighted by molar-refractivity contribution is 5.66. The van der Waals surface area contributed by atoms with Crippen molar-refractivity contribution in [2.24, 2.45) is 11.8 Å². The van der Waals surface area contributed by atoms with Crippen LogP contribution < -0.4 is 0 Å². The lowest BCUT2D eigenvalue weighted by Gasteiger charge is -2.07. The number of rotatable bonds is 3. The third-order valence-electron chi connectivity index (χ3n) is 2.94. The third kappa shape index (κ3) is 1.46. The number of carbonyl (C=O) groups is 1. The zero-order chi connectivity index (χ0) is 8.55. The monoisotopic (exact) mass is 170 g/mol. The van der Waals surface area contributed by atoms with Crippen LogP contribution in [0.2, 0.25) is 0 Å². The van der Waals surface area contributed by atoms with Gasteiger partial charge < -0.3 is 9.84 Å². The molecule has 12 heavy (non-hydrogen) atoms. The highest BCUT2D eigenvalue weighted by Crippen LogP contribution is 2.50. The van der Waals surface area contributed by atoms with Gasteiger partial charge in [0.25, 0.3) is 0 Å². The topological polar surface area (TPSA) is 46.5 Å². The molecule has 1 unspecified atom stereocenters. The van der Waals surface area contributed by atoms with E-state index in [9.17, 15) is 4.79 Å². The second-order valence-corrected chi connectivity index (χ2v) is 3.74. The lowest BCUT2D eigenvalue weighted by molar-refractivity contribution is -0.137. The second-order valence-electron chi connectivity index (χ2n) is 3.74. The fourth-order valence-electron chi connectivity index (χ4n) is 2.24. The maximum Gasteiger partial charge on any atom is 0.303 e. The highest BCUT2D eigenvalue weighted by Gasteiger charge is 2.51. The summed E-state index contributed by atoms with van der Waals surface area (Å²) in [7, 11) is 0. The first-order valence-corrected chi connectivity index (χ1v) is 4.62. The van der Waals surface area contributed by atoms with E-state index in [1.807, 2.05) is 0 Å². The van der Waals surface area contributed by atoms with E-state index >= 15 is 0 Å². The van der Waals surface area contributed by atoms with Crippen LogP contribution in [0.3, 0.4) is 0 Å². The molecule has 1 N–H and O–H groups in total. The van der Waals surface area contributed by atoms with Crippen LogP contribution in [0.5, 0.6) is 0 Å². The van der Waals surface area contributed by atoms with Gasteiger partial charge in [-0.15, -0.1) is 0 Å². The van der Waals surface area contributed by atoms with Crippen LogP contribution >= 0.6 is 0 Å². The molecule has 0 spiro atoms. The predicted molar refractivity (Wildman–Crippen MR) is 42.8 cm³/mol. The molecule has 0 radical (unpaired) electrons. The normalized spacial score (nSPS) is 38.8. The van der Waals surface area contributed by atoms with Crippen LogP contribution in [0, 0.1) is 11.8 Å². The van der Waals surface area contributed by atoms with E-state index < -0.39 is 5.97 Å². The summed E-state index contributed by atoms with van der Waals surface area (Å²) in [6, 6.07) is 0. The number of aliphatic carboxylic acids is 1. The molecular formula is C9H14O3. The predicted octanol–water partition coefficient (Wildman–Crippen LogP) is 1.28. The van der Waals surface area contributed by atoms with Crippen molar-refractivity contribution in [2.45, 2.75) is 31.8 Å². The van der Waals surface area contributed by atoms with Crippen LogP contribution in [-0.2, 0) is 9.53 Å². The Morgan fingerprint density at radius 3 is 3.00 bits per heavy atom. The first kappa shape index (κ1) is 8.05. The standard InChI is InChI=1S/C9H14O3/c10-8(11)4-3-7-6-2-1-5-12-9(6)7/h6-7,9H,1-5H2,(H,10,11)/t6-,7?,9-/m1/s1. The van der Waals surface area contributed by atoms with Crippen molar-refractivity contribution < 1.29 is 14.6 Å². The molecule has 1 saturated carbocycles. The lowest BCUT2D eigenvalue weighted by Crippen LogP contribution is -2.06. The Balaban J connectivity index is 1.74. The summed E-state index contributed by atoms with van der Waals surface area (Å²) in [5.74, 6) is 0.570. The molecule has 1 aliphatic heterocycles. The summed E-state index contributed by atoms with van der Waals surface area (Å²) >= 11 is 0. The fraction of sp³-hybridized carbons (Fsp3) is 0.889. The first-order valence-electron chi connectivity index (χ1n) is 4.62. The lowest BCUT2D eigenvalue weighted by atomic mass is 10.1. The summed E-state index contributed by atoms with van der Waals surface area (Å²) in [4.78, 5) is 10.3. The van der Waals surface area contributed by atoms with Gasteiger partial charge in [0.2, 0.25) is 0 Å². The maximum absolute atomic E-state index is 10.3. The van der Waals surface area contributed by atoms with Crippen molar-refractivity contribution in [3.05, 3.63) is 0 Å². The van der Waals surface area contributed by atoms with Gasteiger partial charge in [0.05, 0.1) is 6.10 Å². The smallest absolute Gasteiger partial charge is 0.303 e. The largest absolute Gasteiger partial charge is 0.481 e. The number of hydrogen-bond donors (Lipinski definition) is 1. The minimum atomic E-state index is -0.682. The molecule has 0 bridgehead atoms. The van der Waals surface area contributed by atoms with Gasteiger partial charge in [-0.25, -0.2) is 0 Å². The van der Waals surface area contributed by atoms with Crippen molar-refractivity contribution >= 4 is 5.97 Å². The van der Waals surface area contributed by atoms with Crippen LogP contribution in [0.25, 0.3) is 0 Å². The van der Waals surface area contributed by atoms with E-state index in [1.54, 1.807) is 0 Å². The quantitative estimate of drug-likeness (QED) is 0.694. The van der Waals surface area contributed by atoms with E-state index in [0.29, 0.717) is 24.4 Å². The average Bonchev–Trinajstić information content (AvgIpc) is 2.74. The van der Waals surface area contributed by atoms with Gasteiger partial charge in [0.15, 0.2) is 0 Å². The molecule has 0 aromatic carbocycles. The van der Waals surface area contributed by atoms with Crippen LogP contribution in [0.4, 0.5) is 0 Å². The third-order valence-corrected chi connectivity index (χ3v) is 2.94. The molecule has 2 rings (SSSR count). The second kappa shape index (κ2) is 3.05. The molecule has 3 atom stereocenters. The van der Waals surface area contributed by atoms with Gasteiger partial charge in [-0.2, -0.15) is 0 Å². The molecule has 2 fully saturated rings. The van der Waals surface area contributed by atoms with Crippen molar-refractivity contribution in [1.82, 2.24) is 0 Å². The molecule has 3 nitrogen and oxygen atoms in total. The summed E-state index contributed by atoms with van der Waals surface area (Å²) in [5, 5.41) is 8.48. The van der Waals surface area contributed by atoms with Gasteiger partial charge in [-0.05, 0) is 31.1 Å². The SMILES string of the molecule is O=C(O)CCC1[C@H]2CCCO[C@@H]12. The summed E-state index contributed by atoms with van der Waals surface area (Å²) in [5.41, 5.74) is 0. The molecule has 2 aliphatic rings. The Morgan fingerprint density at radius 1 is 1.58 bits per heavy atom. The van der Waals surface area contributed by atoms with Crippen LogP contribution in [-0.4, -0.2) is 23.8 Å². The Kier molecular flexibility index (Phi) is 2.05. The molecule has 3 heteroatoms. The zero-order valence-electron chi connectivity index (χ0n) is 7.03. The van der Waals surface area contributed by atoms with Gasteiger partial charge in [0, 0.05) is 13.0 Å². The van der Waals surface area contributed by atoms with Crippen molar-refractivity contribution in [3.8, 4) is 0 Å². The Morgan fingerprint density at radius 2 is 2.42 bits per heavy atom. The first-order chi connectivity index (χ1) is 5.79. The molecule has 0 aromatic rings. The molecule has 1 aliphatic carbocycles. The number of carboxylic acid groups (broad SMARTS) is 1. The summed E-state index contributed by atoms with van der Waals surface area (Å²) in [6.45, 7) is 0.880. The summed E-state index contributed by atoms with van der Waals surface area (Å²) in [6.07, 6.45) is 3.93. The molecular weight excluding hydrogens is 156 g/mol. The van der Waals surface area contributed by atoms with E-state index in [0.717, 1.165) is 19.4 Å². The molecule has 68 valence electrons. The number of hydrogen-bond acceptors (Lipinski definition) is 2. The van der Waals surface area contributed by atoms with Crippen molar-refractivity contribution in [3.63, 3.8) is 0 Å². The Labute approximate surface area is 71.7 Å². The van der Waals surface area contributed by atoms with Crippen molar-refractivity contribution in [2.75, 3.05) is 6.61 Å². The van der Waals surface area contributed by atoms with Gasteiger partial charge >= 0.3 is 5.97 Å². The zero-order valence-corrected chi connectivity index (χ0v) is 7.03.